The first-order valence-corrected chi connectivity index (χ1v) is 6.50. The summed E-state index contributed by atoms with van der Waals surface area (Å²) in [6.07, 6.45) is 3.84. The summed E-state index contributed by atoms with van der Waals surface area (Å²) in [5, 5.41) is 0. The monoisotopic (exact) mass is 265 g/mol. The van der Waals surface area contributed by atoms with Crippen LogP contribution in [0.3, 0.4) is 0 Å². The van der Waals surface area contributed by atoms with Crippen molar-refractivity contribution in [3.63, 3.8) is 0 Å². The van der Waals surface area contributed by atoms with Gasteiger partial charge in [-0.25, -0.2) is 4.79 Å². The third kappa shape index (κ3) is 2.07. The molecule has 1 atom stereocenters. The van der Waals surface area contributed by atoms with E-state index in [1.807, 2.05) is 71.6 Å². The van der Waals surface area contributed by atoms with Gasteiger partial charge in [-0.05, 0) is 29.8 Å². The molecule has 3 heteroatoms. The number of hydrogen-bond donors (Lipinski definition) is 0. The summed E-state index contributed by atoms with van der Waals surface area (Å²) in [4.78, 5) is 14.0. The number of anilines is 2. The van der Waals surface area contributed by atoms with Gasteiger partial charge in [0.05, 0.1) is 7.11 Å². The zero-order valence-electron chi connectivity index (χ0n) is 11.2. The van der Waals surface area contributed by atoms with E-state index in [1.54, 1.807) is 0 Å². The second-order valence-corrected chi connectivity index (χ2v) is 4.59. The van der Waals surface area contributed by atoms with Gasteiger partial charge in [0.15, 0.2) is 6.04 Å². The summed E-state index contributed by atoms with van der Waals surface area (Å²) in [7, 11) is 1.42. The maximum absolute atomic E-state index is 12.0. The Morgan fingerprint density at radius 2 is 1.75 bits per heavy atom. The molecular formula is C17H15NO2. The summed E-state index contributed by atoms with van der Waals surface area (Å²) in [6.45, 7) is 0. The minimum absolute atomic E-state index is 0.264. The van der Waals surface area contributed by atoms with Crippen molar-refractivity contribution in [2.75, 3.05) is 12.0 Å². The van der Waals surface area contributed by atoms with Crippen LogP contribution in [0.2, 0.25) is 0 Å². The first kappa shape index (κ1) is 12.5. The molecule has 0 saturated heterocycles. The predicted octanol–water partition coefficient (Wildman–Crippen LogP) is 3.39. The van der Waals surface area contributed by atoms with Gasteiger partial charge in [-0.2, -0.15) is 0 Å². The fourth-order valence-corrected chi connectivity index (χ4v) is 2.47. The number of esters is 1. The highest BCUT2D eigenvalue weighted by molar-refractivity contribution is 5.91. The molecular weight excluding hydrogens is 250 g/mol. The van der Waals surface area contributed by atoms with Crippen molar-refractivity contribution >= 4 is 23.4 Å². The molecule has 1 aliphatic rings. The van der Waals surface area contributed by atoms with Crippen LogP contribution in [0.25, 0.3) is 6.08 Å². The third-order valence-corrected chi connectivity index (χ3v) is 3.41. The lowest BCUT2D eigenvalue weighted by Crippen LogP contribution is -2.39. The average molecular weight is 265 g/mol. The van der Waals surface area contributed by atoms with Crippen LogP contribution in [0, 0.1) is 0 Å². The van der Waals surface area contributed by atoms with Crippen LogP contribution in [0.4, 0.5) is 11.4 Å². The van der Waals surface area contributed by atoms with Gasteiger partial charge < -0.3 is 9.64 Å². The number of benzene rings is 2. The molecule has 0 aliphatic carbocycles. The Hall–Kier alpha value is -2.55. The van der Waals surface area contributed by atoms with E-state index in [-0.39, 0.29) is 5.97 Å². The molecule has 1 heterocycles. The second-order valence-electron chi connectivity index (χ2n) is 4.59. The minimum Gasteiger partial charge on any atom is -0.467 e. The predicted molar refractivity (Wildman–Crippen MR) is 79.9 cm³/mol. The molecule has 3 rings (SSSR count). The van der Waals surface area contributed by atoms with Crippen LogP contribution < -0.4 is 4.90 Å². The standard InChI is InChI=1S/C17H15NO2/c1-20-17(19)16-12-11-13-7-5-6-10-15(13)18(16)14-8-3-2-4-9-14/h2-12,16H,1H3. The lowest BCUT2D eigenvalue weighted by atomic mass is 10.0. The molecule has 0 amide bonds. The molecule has 1 aliphatic heterocycles. The maximum Gasteiger partial charge on any atom is 0.332 e. The Labute approximate surface area is 118 Å². The average Bonchev–Trinajstić information content (AvgIpc) is 2.53. The van der Waals surface area contributed by atoms with E-state index in [2.05, 4.69) is 0 Å². The van der Waals surface area contributed by atoms with Crippen molar-refractivity contribution in [3.05, 3.63) is 66.2 Å². The number of ether oxygens (including phenoxy) is 1. The summed E-state index contributed by atoms with van der Waals surface area (Å²) < 4.78 is 4.92. The lowest BCUT2D eigenvalue weighted by molar-refractivity contribution is -0.140. The smallest absolute Gasteiger partial charge is 0.332 e. The van der Waals surface area contributed by atoms with Crippen molar-refractivity contribution in [2.24, 2.45) is 0 Å². The molecule has 2 aromatic rings. The highest BCUT2D eigenvalue weighted by Gasteiger charge is 2.29. The highest BCUT2D eigenvalue weighted by atomic mass is 16.5. The van der Waals surface area contributed by atoms with Gasteiger partial charge in [0, 0.05) is 11.4 Å². The third-order valence-electron chi connectivity index (χ3n) is 3.41. The van der Waals surface area contributed by atoms with E-state index < -0.39 is 6.04 Å². The largest absolute Gasteiger partial charge is 0.467 e. The lowest BCUT2D eigenvalue weighted by Gasteiger charge is -2.34. The number of carbonyl (C=O) groups excluding carboxylic acids is 1. The molecule has 0 fully saturated rings. The van der Waals surface area contributed by atoms with E-state index in [0.29, 0.717) is 0 Å². The zero-order valence-corrected chi connectivity index (χ0v) is 11.2. The Balaban J connectivity index is 2.13. The molecule has 20 heavy (non-hydrogen) atoms. The van der Waals surface area contributed by atoms with Crippen molar-refractivity contribution in [1.29, 1.82) is 0 Å². The van der Waals surface area contributed by atoms with E-state index in [4.69, 9.17) is 4.74 Å². The van der Waals surface area contributed by atoms with Crippen LogP contribution in [-0.2, 0) is 9.53 Å². The summed E-state index contributed by atoms with van der Waals surface area (Å²) in [5.41, 5.74) is 3.08. The van der Waals surface area contributed by atoms with Gasteiger partial charge in [-0.15, -0.1) is 0 Å². The van der Waals surface area contributed by atoms with E-state index >= 15 is 0 Å². The van der Waals surface area contributed by atoms with Gasteiger partial charge in [-0.3, -0.25) is 0 Å². The minimum atomic E-state index is -0.433. The first-order chi connectivity index (χ1) is 9.81. The van der Waals surface area contributed by atoms with E-state index in [1.165, 1.54) is 7.11 Å². The molecule has 0 bridgehead atoms. The fraction of sp³-hybridized carbons (Fsp3) is 0.118. The number of fused-ring (bicyclic) bond motifs is 1. The molecule has 100 valence electrons. The molecule has 2 aromatic carbocycles. The molecule has 0 spiro atoms. The molecule has 0 radical (unpaired) electrons. The van der Waals surface area contributed by atoms with Gasteiger partial charge in [-0.1, -0.05) is 42.5 Å². The Kier molecular flexibility index (Phi) is 3.25. The molecule has 0 saturated carbocycles. The normalized spacial score (nSPS) is 16.6. The highest BCUT2D eigenvalue weighted by Crippen LogP contribution is 2.35. The topological polar surface area (TPSA) is 29.5 Å². The van der Waals surface area contributed by atoms with Gasteiger partial charge >= 0.3 is 5.97 Å². The molecule has 3 nitrogen and oxygen atoms in total. The van der Waals surface area contributed by atoms with E-state index in [9.17, 15) is 4.79 Å². The van der Waals surface area contributed by atoms with Crippen molar-refractivity contribution in [3.8, 4) is 0 Å². The number of rotatable bonds is 2. The van der Waals surface area contributed by atoms with Crippen LogP contribution in [0.5, 0.6) is 0 Å². The zero-order chi connectivity index (χ0) is 13.9. The number of para-hydroxylation sites is 2. The van der Waals surface area contributed by atoms with Crippen LogP contribution in [0.15, 0.2) is 60.7 Å². The Morgan fingerprint density at radius 1 is 1.05 bits per heavy atom. The van der Waals surface area contributed by atoms with Crippen LogP contribution >= 0.6 is 0 Å². The number of methoxy groups -OCH3 is 1. The van der Waals surface area contributed by atoms with Gasteiger partial charge in [0.2, 0.25) is 0 Å². The van der Waals surface area contributed by atoms with Crippen molar-refractivity contribution < 1.29 is 9.53 Å². The molecule has 1 unspecified atom stereocenters. The molecule has 0 N–H and O–H groups in total. The quantitative estimate of drug-likeness (QED) is 0.779. The summed E-state index contributed by atoms with van der Waals surface area (Å²) in [5.74, 6) is -0.264. The number of hydrogen-bond acceptors (Lipinski definition) is 3. The van der Waals surface area contributed by atoms with Crippen molar-refractivity contribution in [2.45, 2.75) is 6.04 Å². The first-order valence-electron chi connectivity index (χ1n) is 6.50. The van der Waals surface area contributed by atoms with E-state index in [0.717, 1.165) is 16.9 Å². The number of carbonyl (C=O) groups is 1. The van der Waals surface area contributed by atoms with Crippen LogP contribution in [0.1, 0.15) is 5.56 Å². The number of nitrogens with zero attached hydrogens (tertiary/aromatic N) is 1. The van der Waals surface area contributed by atoms with Gasteiger partial charge in [0.25, 0.3) is 0 Å². The van der Waals surface area contributed by atoms with Crippen molar-refractivity contribution in [1.82, 2.24) is 0 Å². The Morgan fingerprint density at radius 3 is 2.50 bits per heavy atom. The SMILES string of the molecule is COC(=O)C1C=Cc2ccccc2N1c1ccccc1. The second kappa shape index (κ2) is 5.21. The van der Waals surface area contributed by atoms with Gasteiger partial charge in [0.1, 0.15) is 0 Å². The molecule has 0 aromatic heterocycles. The summed E-state index contributed by atoms with van der Waals surface area (Å²) in [6, 6.07) is 17.5. The Bertz CT molecular complexity index is 649. The maximum atomic E-state index is 12.0. The fourth-order valence-electron chi connectivity index (χ4n) is 2.47. The van der Waals surface area contributed by atoms with Crippen LogP contribution in [-0.4, -0.2) is 19.1 Å². The summed E-state index contributed by atoms with van der Waals surface area (Å²) >= 11 is 0.